The van der Waals surface area contributed by atoms with Gasteiger partial charge < -0.3 is 0 Å². The van der Waals surface area contributed by atoms with Crippen molar-refractivity contribution in [1.29, 1.82) is 0 Å². The Morgan fingerprint density at radius 2 is 2.42 bits per heavy atom. The molecule has 0 unspecified atom stereocenters. The topological polar surface area (TPSA) is 58.1 Å². The van der Waals surface area contributed by atoms with Gasteiger partial charge in [-0.3, -0.25) is 5.10 Å². The predicted octanol–water partition coefficient (Wildman–Crippen LogP) is 1.53. The first-order valence-electron chi connectivity index (χ1n) is 3.42. The van der Waals surface area contributed by atoms with Crippen LogP contribution in [0.15, 0.2) is 29.4 Å². The minimum Gasteiger partial charge on any atom is -0.278 e. The molecule has 4 nitrogen and oxygen atoms in total. The standard InChI is InChI=1S/C8H5N3O/c12-5-9-7-2-1-3-8-6(7)4-10-11-8/h1-4H,(H,10,11). The van der Waals surface area contributed by atoms with Crippen LogP contribution in [0.3, 0.4) is 0 Å². The zero-order valence-electron chi connectivity index (χ0n) is 6.11. The van der Waals surface area contributed by atoms with E-state index in [1.165, 1.54) is 6.08 Å². The second kappa shape index (κ2) is 2.60. The van der Waals surface area contributed by atoms with Crippen molar-refractivity contribution in [2.45, 2.75) is 0 Å². The summed E-state index contributed by atoms with van der Waals surface area (Å²) in [4.78, 5) is 13.6. The van der Waals surface area contributed by atoms with E-state index in [1.54, 1.807) is 18.3 Å². The molecule has 2 aromatic rings. The highest BCUT2D eigenvalue weighted by Gasteiger charge is 1.99. The third-order valence-electron chi connectivity index (χ3n) is 1.63. The molecule has 12 heavy (non-hydrogen) atoms. The molecule has 0 aliphatic rings. The highest BCUT2D eigenvalue weighted by atomic mass is 16.1. The molecule has 0 atom stereocenters. The molecule has 0 bridgehead atoms. The maximum Gasteiger partial charge on any atom is 0.240 e. The molecular formula is C8H5N3O. The van der Waals surface area contributed by atoms with Crippen molar-refractivity contribution in [2.75, 3.05) is 0 Å². The Bertz CT molecular complexity index is 454. The third-order valence-corrected chi connectivity index (χ3v) is 1.63. The second-order valence-electron chi connectivity index (χ2n) is 2.31. The summed E-state index contributed by atoms with van der Waals surface area (Å²) < 4.78 is 0. The average Bonchev–Trinajstić information content (AvgIpc) is 2.53. The summed E-state index contributed by atoms with van der Waals surface area (Å²) in [5, 5.41) is 7.44. The van der Waals surface area contributed by atoms with Crippen LogP contribution in [0.2, 0.25) is 0 Å². The zero-order chi connectivity index (χ0) is 8.39. The summed E-state index contributed by atoms with van der Waals surface area (Å²) in [6.45, 7) is 0. The molecule has 0 aliphatic carbocycles. The molecule has 2 rings (SSSR count). The predicted molar refractivity (Wildman–Crippen MR) is 43.9 cm³/mol. The number of H-pyrrole nitrogens is 1. The van der Waals surface area contributed by atoms with Crippen molar-refractivity contribution < 1.29 is 4.79 Å². The van der Waals surface area contributed by atoms with Crippen molar-refractivity contribution in [2.24, 2.45) is 4.99 Å². The minimum atomic E-state index is 0.594. The Morgan fingerprint density at radius 3 is 3.25 bits per heavy atom. The number of aromatic nitrogens is 2. The molecule has 0 spiro atoms. The van der Waals surface area contributed by atoms with E-state index in [2.05, 4.69) is 15.2 Å². The molecule has 0 saturated carbocycles. The van der Waals surface area contributed by atoms with Gasteiger partial charge in [-0.15, -0.1) is 0 Å². The summed E-state index contributed by atoms with van der Waals surface area (Å²) >= 11 is 0. The summed E-state index contributed by atoms with van der Waals surface area (Å²) in [5.41, 5.74) is 1.46. The van der Waals surface area contributed by atoms with Crippen LogP contribution < -0.4 is 0 Å². The van der Waals surface area contributed by atoms with Crippen molar-refractivity contribution in [3.63, 3.8) is 0 Å². The first kappa shape index (κ1) is 6.76. The summed E-state index contributed by atoms with van der Waals surface area (Å²) in [6.07, 6.45) is 3.13. The molecule has 58 valence electrons. The monoisotopic (exact) mass is 159 g/mol. The number of carbonyl (C=O) groups excluding carboxylic acids is 1. The van der Waals surface area contributed by atoms with Gasteiger partial charge in [0.15, 0.2) is 0 Å². The maximum atomic E-state index is 10.0. The van der Waals surface area contributed by atoms with Crippen molar-refractivity contribution >= 4 is 22.7 Å². The fraction of sp³-hybridized carbons (Fsp3) is 0. The number of aliphatic imine (C=N–C) groups is 1. The number of aromatic amines is 1. The lowest BCUT2D eigenvalue weighted by atomic mass is 10.2. The SMILES string of the molecule is O=C=Nc1cccc2[nH]ncc12. The second-order valence-corrected chi connectivity index (χ2v) is 2.31. The number of isocyanates is 1. The Balaban J connectivity index is 2.81. The van der Waals surface area contributed by atoms with Gasteiger partial charge in [-0.25, -0.2) is 4.79 Å². The lowest BCUT2D eigenvalue weighted by Gasteiger charge is -1.90. The van der Waals surface area contributed by atoms with Gasteiger partial charge in [0.05, 0.1) is 17.4 Å². The molecule has 1 aromatic carbocycles. The fourth-order valence-electron chi connectivity index (χ4n) is 1.10. The first-order chi connectivity index (χ1) is 5.92. The number of fused-ring (bicyclic) bond motifs is 1. The molecule has 1 heterocycles. The highest BCUT2D eigenvalue weighted by Crippen LogP contribution is 2.22. The van der Waals surface area contributed by atoms with Gasteiger partial charge in [-0.2, -0.15) is 10.1 Å². The van der Waals surface area contributed by atoms with Gasteiger partial charge >= 0.3 is 0 Å². The van der Waals surface area contributed by atoms with Gasteiger partial charge in [0, 0.05) is 5.39 Å². The Kier molecular flexibility index (Phi) is 1.47. The van der Waals surface area contributed by atoms with Crippen LogP contribution in [0.1, 0.15) is 0 Å². The Hall–Kier alpha value is -1.93. The van der Waals surface area contributed by atoms with Crippen molar-refractivity contribution in [1.82, 2.24) is 10.2 Å². The molecule has 1 aromatic heterocycles. The van der Waals surface area contributed by atoms with Gasteiger partial charge in [-0.05, 0) is 12.1 Å². The smallest absolute Gasteiger partial charge is 0.240 e. The van der Waals surface area contributed by atoms with E-state index in [0.717, 1.165) is 10.9 Å². The molecule has 0 amide bonds. The van der Waals surface area contributed by atoms with Gasteiger partial charge in [0.2, 0.25) is 6.08 Å². The maximum absolute atomic E-state index is 10.0. The summed E-state index contributed by atoms with van der Waals surface area (Å²) in [7, 11) is 0. The number of rotatable bonds is 1. The van der Waals surface area contributed by atoms with Crippen LogP contribution in [0.25, 0.3) is 10.9 Å². The molecular weight excluding hydrogens is 154 g/mol. The van der Waals surface area contributed by atoms with E-state index >= 15 is 0 Å². The number of benzene rings is 1. The van der Waals surface area contributed by atoms with Crippen molar-refractivity contribution in [3.05, 3.63) is 24.4 Å². The summed E-state index contributed by atoms with van der Waals surface area (Å²) in [6, 6.07) is 5.41. The lowest BCUT2D eigenvalue weighted by molar-refractivity contribution is 0.565. The quantitative estimate of drug-likeness (QED) is 0.506. The van der Waals surface area contributed by atoms with Crippen LogP contribution in [-0.2, 0) is 4.79 Å². The van der Waals surface area contributed by atoms with Crippen LogP contribution in [0.5, 0.6) is 0 Å². The lowest BCUT2D eigenvalue weighted by Crippen LogP contribution is -1.68. The molecule has 1 N–H and O–H groups in total. The van der Waals surface area contributed by atoms with E-state index in [-0.39, 0.29) is 0 Å². The molecule has 0 fully saturated rings. The highest BCUT2D eigenvalue weighted by molar-refractivity contribution is 5.89. The summed E-state index contributed by atoms with van der Waals surface area (Å²) in [5.74, 6) is 0. The largest absolute Gasteiger partial charge is 0.278 e. The zero-order valence-corrected chi connectivity index (χ0v) is 6.11. The Morgan fingerprint density at radius 1 is 1.50 bits per heavy atom. The number of nitrogens with zero attached hydrogens (tertiary/aromatic N) is 2. The Labute approximate surface area is 67.9 Å². The van der Waals surface area contributed by atoms with Crippen molar-refractivity contribution in [3.8, 4) is 0 Å². The van der Waals surface area contributed by atoms with Crippen LogP contribution in [0.4, 0.5) is 5.69 Å². The molecule has 0 aliphatic heterocycles. The number of hydrogen-bond donors (Lipinski definition) is 1. The van der Waals surface area contributed by atoms with Gasteiger partial charge in [0.25, 0.3) is 0 Å². The third kappa shape index (κ3) is 0.909. The minimum absolute atomic E-state index is 0.594. The van der Waals surface area contributed by atoms with E-state index in [9.17, 15) is 4.79 Å². The average molecular weight is 159 g/mol. The van der Waals surface area contributed by atoms with E-state index in [0.29, 0.717) is 5.69 Å². The van der Waals surface area contributed by atoms with Crippen LogP contribution in [0, 0.1) is 0 Å². The number of hydrogen-bond acceptors (Lipinski definition) is 3. The van der Waals surface area contributed by atoms with Crippen LogP contribution in [-0.4, -0.2) is 16.3 Å². The molecule has 0 radical (unpaired) electrons. The normalized spacial score (nSPS) is 9.67. The molecule has 4 heteroatoms. The van der Waals surface area contributed by atoms with Gasteiger partial charge in [-0.1, -0.05) is 6.07 Å². The van der Waals surface area contributed by atoms with Crippen LogP contribution >= 0.6 is 0 Å². The molecule has 0 saturated heterocycles. The van der Waals surface area contributed by atoms with E-state index in [1.807, 2.05) is 6.07 Å². The van der Waals surface area contributed by atoms with E-state index in [4.69, 9.17) is 0 Å². The fourth-order valence-corrected chi connectivity index (χ4v) is 1.10. The van der Waals surface area contributed by atoms with Gasteiger partial charge in [0.1, 0.15) is 0 Å². The number of nitrogens with one attached hydrogen (secondary N) is 1. The first-order valence-corrected chi connectivity index (χ1v) is 3.42. The van der Waals surface area contributed by atoms with E-state index < -0.39 is 0 Å².